The van der Waals surface area contributed by atoms with Gasteiger partial charge in [0.2, 0.25) is 0 Å². The maximum absolute atomic E-state index is 12.1. The Hall–Kier alpha value is -1.36. The van der Waals surface area contributed by atoms with Gasteiger partial charge in [0.1, 0.15) is 0 Å². The number of nitrogens with one attached hydrogen (secondary N) is 1. The van der Waals surface area contributed by atoms with Crippen LogP contribution in [-0.2, 0) is 4.74 Å². The first kappa shape index (κ1) is 17.0. The summed E-state index contributed by atoms with van der Waals surface area (Å²) in [5.41, 5.74) is 6.24. The van der Waals surface area contributed by atoms with Crippen LogP contribution in [0, 0.1) is 16.7 Å². The molecule has 1 aromatic heterocycles. The van der Waals surface area contributed by atoms with E-state index in [1.165, 1.54) is 0 Å². The lowest BCUT2D eigenvalue weighted by molar-refractivity contribution is -0.00624. The molecule has 1 aliphatic heterocycles. The van der Waals surface area contributed by atoms with E-state index in [9.17, 15) is 4.79 Å². The number of hydrogen-bond acceptors (Lipinski definition) is 4. The maximum Gasteiger partial charge on any atom is 0.258 e. The van der Waals surface area contributed by atoms with Crippen molar-refractivity contribution in [2.45, 2.75) is 66.6 Å². The molecule has 1 aliphatic rings. The molecule has 1 unspecified atom stereocenters. The van der Waals surface area contributed by atoms with Gasteiger partial charge in [0.25, 0.3) is 5.56 Å². The Labute approximate surface area is 132 Å². The SMILES string of the molecule is CC(C)(C)CC1O[C@@H](c2cnc(N)[nH]c2=O)C[C@H]1C(C)(C)C. The average molecular weight is 307 g/mol. The molecule has 0 saturated carbocycles. The van der Waals surface area contributed by atoms with E-state index < -0.39 is 0 Å². The molecule has 0 radical (unpaired) electrons. The van der Waals surface area contributed by atoms with Gasteiger partial charge in [0.15, 0.2) is 5.95 Å². The van der Waals surface area contributed by atoms with Crippen LogP contribution in [0.3, 0.4) is 0 Å². The van der Waals surface area contributed by atoms with Crippen LogP contribution in [0.1, 0.15) is 66.1 Å². The second kappa shape index (κ2) is 5.69. The van der Waals surface area contributed by atoms with E-state index in [4.69, 9.17) is 10.5 Å². The number of nitrogens with two attached hydrogens (primary N) is 1. The van der Waals surface area contributed by atoms with Gasteiger partial charge in [-0.15, -0.1) is 0 Å². The van der Waals surface area contributed by atoms with Gasteiger partial charge in [-0.2, -0.15) is 0 Å². The van der Waals surface area contributed by atoms with Gasteiger partial charge in [-0.25, -0.2) is 4.98 Å². The van der Waals surface area contributed by atoms with E-state index in [0.29, 0.717) is 11.5 Å². The Morgan fingerprint density at radius 1 is 1.32 bits per heavy atom. The molecule has 1 saturated heterocycles. The number of nitrogens with zero attached hydrogens (tertiary/aromatic N) is 1. The van der Waals surface area contributed by atoms with Crippen molar-refractivity contribution in [2.24, 2.45) is 16.7 Å². The van der Waals surface area contributed by atoms with Crippen molar-refractivity contribution in [3.05, 3.63) is 22.1 Å². The number of ether oxygens (including phenoxy) is 1. The number of anilines is 1. The van der Waals surface area contributed by atoms with E-state index in [2.05, 4.69) is 51.5 Å². The van der Waals surface area contributed by atoms with Gasteiger partial charge < -0.3 is 10.5 Å². The lowest BCUT2D eigenvalue weighted by atomic mass is 9.72. The smallest absolute Gasteiger partial charge is 0.258 e. The van der Waals surface area contributed by atoms with Crippen LogP contribution in [0.4, 0.5) is 5.95 Å². The van der Waals surface area contributed by atoms with Crippen molar-refractivity contribution < 1.29 is 4.74 Å². The largest absolute Gasteiger partial charge is 0.370 e. The van der Waals surface area contributed by atoms with Crippen molar-refractivity contribution >= 4 is 5.95 Å². The predicted octanol–water partition coefficient (Wildman–Crippen LogP) is 3.28. The molecule has 0 bridgehead atoms. The highest BCUT2D eigenvalue weighted by Gasteiger charge is 2.44. The molecule has 124 valence electrons. The molecule has 5 nitrogen and oxygen atoms in total. The van der Waals surface area contributed by atoms with Gasteiger partial charge in [-0.1, -0.05) is 41.5 Å². The summed E-state index contributed by atoms with van der Waals surface area (Å²) in [6, 6.07) is 0. The topological polar surface area (TPSA) is 81.0 Å². The Kier molecular flexibility index (Phi) is 4.39. The number of hydrogen-bond donors (Lipinski definition) is 2. The third kappa shape index (κ3) is 3.88. The molecule has 3 atom stereocenters. The van der Waals surface area contributed by atoms with E-state index in [1.54, 1.807) is 6.20 Å². The Morgan fingerprint density at radius 3 is 2.45 bits per heavy atom. The minimum Gasteiger partial charge on any atom is -0.370 e. The standard InChI is InChI=1S/C17H29N3O2/c1-16(2,3)8-13-11(17(4,5)6)7-12(22-13)10-9-19-15(18)20-14(10)21/h9,11-13H,7-8H2,1-6H3,(H3,18,19,20,21)/t11-,12-,13?/m1/s1. The first-order valence-electron chi connectivity index (χ1n) is 7.97. The summed E-state index contributed by atoms with van der Waals surface area (Å²) in [7, 11) is 0. The van der Waals surface area contributed by atoms with Gasteiger partial charge in [-0.05, 0) is 29.6 Å². The van der Waals surface area contributed by atoms with Gasteiger partial charge in [0.05, 0.1) is 17.8 Å². The summed E-state index contributed by atoms with van der Waals surface area (Å²) in [6.45, 7) is 13.4. The molecule has 1 fully saturated rings. The zero-order valence-electron chi connectivity index (χ0n) is 14.6. The van der Waals surface area contributed by atoms with Crippen LogP contribution in [0.5, 0.6) is 0 Å². The fourth-order valence-corrected chi connectivity index (χ4v) is 3.30. The molecule has 3 N–H and O–H groups in total. The van der Waals surface area contributed by atoms with Crippen molar-refractivity contribution in [1.29, 1.82) is 0 Å². The highest BCUT2D eigenvalue weighted by atomic mass is 16.5. The average Bonchev–Trinajstić information content (AvgIpc) is 2.69. The molecule has 5 heteroatoms. The lowest BCUT2D eigenvalue weighted by Gasteiger charge is -2.34. The normalized spacial score (nSPS) is 26.4. The monoisotopic (exact) mass is 307 g/mol. The third-order valence-electron chi connectivity index (χ3n) is 4.38. The molecule has 0 spiro atoms. The van der Waals surface area contributed by atoms with E-state index in [-0.39, 0.29) is 34.5 Å². The van der Waals surface area contributed by atoms with Crippen molar-refractivity contribution in [3.8, 4) is 0 Å². The quantitative estimate of drug-likeness (QED) is 0.878. The fourth-order valence-electron chi connectivity index (χ4n) is 3.30. The molecular weight excluding hydrogens is 278 g/mol. The van der Waals surface area contributed by atoms with Crippen molar-refractivity contribution in [3.63, 3.8) is 0 Å². The number of aromatic amines is 1. The van der Waals surface area contributed by atoms with Crippen LogP contribution in [0.25, 0.3) is 0 Å². The third-order valence-corrected chi connectivity index (χ3v) is 4.38. The second-order valence-corrected chi connectivity index (χ2v) is 8.69. The molecule has 0 aromatic carbocycles. The van der Waals surface area contributed by atoms with Crippen LogP contribution >= 0.6 is 0 Å². The Bertz CT molecular complexity index is 581. The zero-order chi connectivity index (χ0) is 16.7. The molecule has 22 heavy (non-hydrogen) atoms. The van der Waals surface area contributed by atoms with Gasteiger partial charge >= 0.3 is 0 Å². The number of rotatable bonds is 2. The summed E-state index contributed by atoms with van der Waals surface area (Å²) in [5.74, 6) is 0.555. The summed E-state index contributed by atoms with van der Waals surface area (Å²) in [5, 5.41) is 0. The second-order valence-electron chi connectivity index (χ2n) is 8.69. The fraction of sp³-hybridized carbons (Fsp3) is 0.765. The highest BCUT2D eigenvalue weighted by Crippen LogP contribution is 2.47. The zero-order valence-corrected chi connectivity index (χ0v) is 14.6. The van der Waals surface area contributed by atoms with Crippen molar-refractivity contribution in [2.75, 3.05) is 5.73 Å². The first-order valence-corrected chi connectivity index (χ1v) is 7.97. The maximum atomic E-state index is 12.1. The Balaban J connectivity index is 2.28. The molecule has 2 heterocycles. The van der Waals surface area contributed by atoms with Crippen LogP contribution in [-0.4, -0.2) is 16.1 Å². The predicted molar refractivity (Wildman–Crippen MR) is 88.5 cm³/mol. The summed E-state index contributed by atoms with van der Waals surface area (Å²) in [4.78, 5) is 18.7. The molecule has 1 aromatic rings. The summed E-state index contributed by atoms with van der Waals surface area (Å²) in [6.07, 6.45) is 3.33. The van der Waals surface area contributed by atoms with E-state index in [1.807, 2.05) is 0 Å². The molecular formula is C17H29N3O2. The van der Waals surface area contributed by atoms with Crippen molar-refractivity contribution in [1.82, 2.24) is 9.97 Å². The first-order chi connectivity index (χ1) is 9.97. The van der Waals surface area contributed by atoms with Crippen LogP contribution in [0.15, 0.2) is 11.0 Å². The van der Waals surface area contributed by atoms with Gasteiger partial charge in [-0.3, -0.25) is 9.78 Å². The summed E-state index contributed by atoms with van der Waals surface area (Å²) < 4.78 is 6.28. The summed E-state index contributed by atoms with van der Waals surface area (Å²) >= 11 is 0. The molecule has 0 aliphatic carbocycles. The number of aromatic nitrogens is 2. The molecule has 0 amide bonds. The lowest BCUT2D eigenvalue weighted by Crippen LogP contribution is -2.31. The number of nitrogen functional groups attached to an aromatic ring is 1. The van der Waals surface area contributed by atoms with E-state index >= 15 is 0 Å². The van der Waals surface area contributed by atoms with E-state index in [0.717, 1.165) is 12.8 Å². The van der Waals surface area contributed by atoms with Crippen LogP contribution < -0.4 is 11.3 Å². The minimum atomic E-state index is -0.201. The Morgan fingerprint density at radius 2 is 1.95 bits per heavy atom. The molecule has 2 rings (SSSR count). The van der Waals surface area contributed by atoms with Gasteiger partial charge in [0, 0.05) is 6.20 Å². The highest BCUT2D eigenvalue weighted by molar-refractivity contribution is 5.20. The van der Waals surface area contributed by atoms with Crippen LogP contribution in [0.2, 0.25) is 0 Å². The number of H-pyrrole nitrogens is 1. The minimum absolute atomic E-state index is 0.138.